The first-order chi connectivity index (χ1) is 4.75. The van der Waals surface area contributed by atoms with Crippen LogP contribution >= 0.6 is 27.3 Å². The van der Waals surface area contributed by atoms with Crippen LogP contribution < -0.4 is 0 Å². The van der Waals surface area contributed by atoms with E-state index < -0.39 is 0 Å². The van der Waals surface area contributed by atoms with Crippen molar-refractivity contribution in [3.05, 3.63) is 20.8 Å². The summed E-state index contributed by atoms with van der Waals surface area (Å²) in [6.07, 6.45) is 0.582. The maximum atomic E-state index is 11.1. The first-order valence-corrected chi connectivity index (χ1v) is 4.69. The highest BCUT2D eigenvalue weighted by molar-refractivity contribution is 9.10. The van der Waals surface area contributed by atoms with E-state index in [1.54, 1.807) is 0 Å². The van der Waals surface area contributed by atoms with Crippen LogP contribution in [0.3, 0.4) is 0 Å². The molecule has 3 heteroatoms. The Morgan fingerprint density at radius 1 is 1.80 bits per heavy atom. The maximum absolute atomic E-state index is 11.1. The van der Waals surface area contributed by atoms with Crippen LogP contribution in [0.15, 0.2) is 15.9 Å². The highest BCUT2D eigenvalue weighted by Gasteiger charge is 2.07. The van der Waals surface area contributed by atoms with Crippen LogP contribution in [0, 0.1) is 0 Å². The molecule has 1 heterocycles. The molecule has 0 bridgehead atoms. The molecule has 0 aliphatic heterocycles. The largest absolute Gasteiger partial charge is 0.293 e. The molecule has 0 N–H and O–H groups in total. The fourth-order valence-electron chi connectivity index (χ4n) is 0.653. The van der Waals surface area contributed by atoms with Crippen molar-refractivity contribution >= 4 is 33.0 Å². The number of thiophene rings is 1. The van der Waals surface area contributed by atoms with Gasteiger partial charge in [-0.05, 0) is 27.4 Å². The fourth-order valence-corrected chi connectivity index (χ4v) is 2.26. The van der Waals surface area contributed by atoms with Crippen molar-refractivity contribution in [2.45, 2.75) is 13.3 Å². The predicted molar refractivity (Wildman–Crippen MR) is 46.6 cm³/mol. The Balaban J connectivity index is 2.93. The van der Waals surface area contributed by atoms with Crippen molar-refractivity contribution < 1.29 is 4.79 Å². The second kappa shape index (κ2) is 3.30. The van der Waals surface area contributed by atoms with E-state index in [9.17, 15) is 4.79 Å². The lowest BCUT2D eigenvalue weighted by Crippen LogP contribution is -1.92. The number of hydrogen-bond acceptors (Lipinski definition) is 2. The van der Waals surface area contributed by atoms with E-state index in [1.807, 2.05) is 18.4 Å². The molecule has 1 nitrogen and oxygen atoms in total. The smallest absolute Gasteiger partial charge is 0.173 e. The van der Waals surface area contributed by atoms with E-state index in [4.69, 9.17) is 0 Å². The second-order valence-electron chi connectivity index (χ2n) is 1.87. The minimum Gasteiger partial charge on any atom is -0.293 e. The summed E-state index contributed by atoms with van der Waals surface area (Å²) in [6, 6.07) is 1.90. The van der Waals surface area contributed by atoms with E-state index in [-0.39, 0.29) is 5.78 Å². The molecule has 0 aliphatic carbocycles. The van der Waals surface area contributed by atoms with Crippen molar-refractivity contribution in [1.82, 2.24) is 0 Å². The summed E-state index contributed by atoms with van der Waals surface area (Å²) < 4.78 is 0.921. The van der Waals surface area contributed by atoms with Gasteiger partial charge in [0.15, 0.2) is 5.78 Å². The lowest BCUT2D eigenvalue weighted by molar-refractivity contribution is 0.0991. The van der Waals surface area contributed by atoms with Crippen molar-refractivity contribution in [3.63, 3.8) is 0 Å². The lowest BCUT2D eigenvalue weighted by atomic mass is 10.3. The summed E-state index contributed by atoms with van der Waals surface area (Å²) >= 11 is 4.78. The molecule has 0 spiro atoms. The molecule has 10 heavy (non-hydrogen) atoms. The van der Waals surface area contributed by atoms with E-state index >= 15 is 0 Å². The molecule has 1 aromatic rings. The van der Waals surface area contributed by atoms with Gasteiger partial charge in [0.1, 0.15) is 0 Å². The summed E-state index contributed by atoms with van der Waals surface area (Å²) in [5.41, 5.74) is 0. The van der Waals surface area contributed by atoms with Gasteiger partial charge >= 0.3 is 0 Å². The van der Waals surface area contributed by atoms with Crippen molar-refractivity contribution in [3.8, 4) is 0 Å². The van der Waals surface area contributed by atoms with Gasteiger partial charge in [0, 0.05) is 10.9 Å². The first-order valence-electron chi connectivity index (χ1n) is 3.02. The number of hydrogen-bond donors (Lipinski definition) is 0. The van der Waals surface area contributed by atoms with Gasteiger partial charge in [-0.15, -0.1) is 11.3 Å². The van der Waals surface area contributed by atoms with Crippen LogP contribution in [0.5, 0.6) is 0 Å². The van der Waals surface area contributed by atoms with Crippen LogP contribution in [0.4, 0.5) is 0 Å². The number of carbonyl (C=O) groups excluding carboxylic acids is 1. The SMILES string of the molecule is CCC(=O)c1sccc1Br. The third-order valence-electron chi connectivity index (χ3n) is 1.19. The number of carbonyl (C=O) groups is 1. The molecule has 0 atom stereocenters. The molecule has 0 unspecified atom stereocenters. The Kier molecular flexibility index (Phi) is 2.63. The zero-order valence-electron chi connectivity index (χ0n) is 5.56. The highest BCUT2D eigenvalue weighted by atomic mass is 79.9. The molecule has 0 saturated carbocycles. The van der Waals surface area contributed by atoms with Gasteiger partial charge < -0.3 is 0 Å². The Morgan fingerprint density at radius 2 is 2.50 bits per heavy atom. The highest BCUT2D eigenvalue weighted by Crippen LogP contribution is 2.23. The predicted octanol–water partition coefficient (Wildman–Crippen LogP) is 3.10. The Hall–Kier alpha value is -0.150. The number of ketones is 1. The minimum absolute atomic E-state index is 0.210. The number of halogens is 1. The zero-order valence-corrected chi connectivity index (χ0v) is 7.96. The third-order valence-corrected chi connectivity index (χ3v) is 3.07. The number of rotatable bonds is 2. The molecule has 0 radical (unpaired) electrons. The Labute approximate surface area is 72.2 Å². The van der Waals surface area contributed by atoms with Gasteiger partial charge in [-0.1, -0.05) is 6.92 Å². The molecule has 0 saturated heterocycles. The number of Topliss-reactive ketones (excluding diaryl/α,β-unsaturated/α-hetero) is 1. The molecular weight excluding hydrogens is 212 g/mol. The fraction of sp³-hybridized carbons (Fsp3) is 0.286. The molecule has 1 aromatic heterocycles. The maximum Gasteiger partial charge on any atom is 0.173 e. The van der Waals surface area contributed by atoms with E-state index in [2.05, 4.69) is 15.9 Å². The molecule has 54 valence electrons. The van der Waals surface area contributed by atoms with Gasteiger partial charge in [0.05, 0.1) is 4.88 Å². The minimum atomic E-state index is 0.210. The van der Waals surface area contributed by atoms with E-state index in [1.165, 1.54) is 11.3 Å². The summed E-state index contributed by atoms with van der Waals surface area (Å²) in [5.74, 6) is 0.210. The topological polar surface area (TPSA) is 17.1 Å². The standard InChI is InChI=1S/C7H7BrOS/c1-2-6(9)7-5(8)3-4-10-7/h3-4H,2H2,1H3. The normalized spacial score (nSPS) is 9.80. The molecule has 1 rings (SSSR count). The lowest BCUT2D eigenvalue weighted by Gasteiger charge is -1.90. The Morgan fingerprint density at radius 3 is 2.90 bits per heavy atom. The molecule has 0 fully saturated rings. The first kappa shape index (κ1) is 7.95. The summed E-state index contributed by atoms with van der Waals surface area (Å²) in [4.78, 5) is 11.9. The van der Waals surface area contributed by atoms with Crippen LogP contribution in [0.1, 0.15) is 23.0 Å². The summed E-state index contributed by atoms with van der Waals surface area (Å²) in [7, 11) is 0. The second-order valence-corrected chi connectivity index (χ2v) is 3.64. The quantitative estimate of drug-likeness (QED) is 0.698. The van der Waals surface area contributed by atoms with Crippen LogP contribution in [-0.2, 0) is 0 Å². The van der Waals surface area contributed by atoms with Gasteiger partial charge in [-0.2, -0.15) is 0 Å². The molecule has 0 amide bonds. The molecular formula is C7H7BrOS. The molecule has 0 aromatic carbocycles. The average Bonchev–Trinajstić information content (AvgIpc) is 2.34. The van der Waals surface area contributed by atoms with Crippen LogP contribution in [0.2, 0.25) is 0 Å². The zero-order chi connectivity index (χ0) is 7.56. The Bertz CT molecular complexity index is 242. The van der Waals surface area contributed by atoms with Crippen molar-refractivity contribution in [1.29, 1.82) is 0 Å². The van der Waals surface area contributed by atoms with Gasteiger partial charge in [-0.25, -0.2) is 0 Å². The van der Waals surface area contributed by atoms with Gasteiger partial charge in [0.2, 0.25) is 0 Å². The van der Waals surface area contributed by atoms with Crippen LogP contribution in [0.25, 0.3) is 0 Å². The van der Waals surface area contributed by atoms with E-state index in [0.29, 0.717) is 6.42 Å². The van der Waals surface area contributed by atoms with Crippen molar-refractivity contribution in [2.75, 3.05) is 0 Å². The monoisotopic (exact) mass is 218 g/mol. The third kappa shape index (κ3) is 1.47. The average molecular weight is 219 g/mol. The molecule has 0 aliphatic rings. The van der Waals surface area contributed by atoms with Crippen LogP contribution in [-0.4, -0.2) is 5.78 Å². The summed E-state index contributed by atoms with van der Waals surface area (Å²) in [6.45, 7) is 1.87. The van der Waals surface area contributed by atoms with Gasteiger partial charge in [0.25, 0.3) is 0 Å². The van der Waals surface area contributed by atoms with Gasteiger partial charge in [-0.3, -0.25) is 4.79 Å². The van der Waals surface area contributed by atoms with E-state index in [0.717, 1.165) is 9.35 Å². The summed E-state index contributed by atoms with van der Waals surface area (Å²) in [5, 5.41) is 1.91. The van der Waals surface area contributed by atoms with Crippen molar-refractivity contribution in [2.24, 2.45) is 0 Å².